The van der Waals surface area contributed by atoms with Crippen molar-refractivity contribution < 1.29 is 13.2 Å². The van der Waals surface area contributed by atoms with Crippen molar-refractivity contribution in [3.05, 3.63) is 42.0 Å². The number of anilines is 1. The van der Waals surface area contributed by atoms with Gasteiger partial charge in [0.15, 0.2) is 5.82 Å². The normalized spacial score (nSPS) is 17.5. The smallest absolute Gasteiger partial charge is 0.356 e. The Morgan fingerprint density at radius 1 is 1.06 bits per heavy atom. The van der Waals surface area contributed by atoms with E-state index in [0.29, 0.717) is 34.3 Å². The molecule has 1 saturated carbocycles. The van der Waals surface area contributed by atoms with E-state index in [9.17, 15) is 13.2 Å². The number of aromatic nitrogens is 5. The molecule has 0 bridgehead atoms. The molecule has 4 aromatic rings. The van der Waals surface area contributed by atoms with Gasteiger partial charge in [0.25, 0.3) is 0 Å². The number of pyridine rings is 2. The third-order valence-electron chi connectivity index (χ3n) is 6.90. The summed E-state index contributed by atoms with van der Waals surface area (Å²) in [4.78, 5) is 22.9. The lowest BCUT2D eigenvalue weighted by Gasteiger charge is -2.33. The molecule has 2 N–H and O–H groups in total. The van der Waals surface area contributed by atoms with Crippen LogP contribution < -0.4 is 10.2 Å². The zero-order valence-electron chi connectivity index (χ0n) is 18.7. The van der Waals surface area contributed by atoms with E-state index in [-0.39, 0.29) is 5.65 Å². The van der Waals surface area contributed by atoms with Crippen molar-refractivity contribution >= 4 is 27.8 Å². The molecule has 1 aliphatic heterocycles. The quantitative estimate of drug-likeness (QED) is 0.455. The minimum Gasteiger partial charge on any atom is -0.356 e. The fourth-order valence-electron chi connectivity index (χ4n) is 4.91. The van der Waals surface area contributed by atoms with Gasteiger partial charge in [-0.3, -0.25) is 4.98 Å². The van der Waals surface area contributed by atoms with E-state index in [0.717, 1.165) is 61.6 Å². The van der Waals surface area contributed by atoms with Crippen molar-refractivity contribution in [1.29, 1.82) is 0 Å². The molecule has 0 radical (unpaired) electrons. The van der Waals surface area contributed by atoms with E-state index in [1.54, 1.807) is 12.3 Å². The summed E-state index contributed by atoms with van der Waals surface area (Å²) in [5.41, 5.74) is 1.69. The van der Waals surface area contributed by atoms with Gasteiger partial charge in [-0.2, -0.15) is 13.2 Å². The van der Waals surface area contributed by atoms with Gasteiger partial charge in [0.1, 0.15) is 17.2 Å². The Hall–Kier alpha value is -3.27. The molecule has 6 rings (SSSR count). The van der Waals surface area contributed by atoms with Gasteiger partial charge in [-0.1, -0.05) is 0 Å². The van der Waals surface area contributed by atoms with Crippen LogP contribution in [0, 0.1) is 0 Å². The second kappa shape index (κ2) is 7.90. The molecule has 0 aromatic carbocycles. The highest BCUT2D eigenvalue weighted by Gasteiger charge is 2.34. The van der Waals surface area contributed by atoms with Crippen LogP contribution in [-0.2, 0) is 6.18 Å². The zero-order chi connectivity index (χ0) is 23.4. The molecule has 10 heteroatoms. The van der Waals surface area contributed by atoms with Crippen LogP contribution in [0.4, 0.5) is 19.0 Å². The highest BCUT2D eigenvalue weighted by Crippen LogP contribution is 2.45. The predicted molar refractivity (Wildman–Crippen MR) is 124 cm³/mol. The second-order valence-electron chi connectivity index (χ2n) is 9.16. The Morgan fingerprint density at radius 2 is 1.85 bits per heavy atom. The Labute approximate surface area is 193 Å². The van der Waals surface area contributed by atoms with E-state index in [1.807, 2.05) is 6.20 Å². The summed E-state index contributed by atoms with van der Waals surface area (Å²) >= 11 is 0. The molecule has 176 valence electrons. The largest absolute Gasteiger partial charge is 0.431 e. The minimum atomic E-state index is -4.49. The average Bonchev–Trinajstić information content (AvgIpc) is 3.59. The first kappa shape index (κ1) is 21.3. The van der Waals surface area contributed by atoms with Crippen molar-refractivity contribution in [3.8, 4) is 11.4 Å². The van der Waals surface area contributed by atoms with E-state index < -0.39 is 11.9 Å². The average molecular weight is 467 g/mol. The van der Waals surface area contributed by atoms with Gasteiger partial charge in [0.05, 0.1) is 11.7 Å². The standard InChI is InChI=1S/C24H24F3N7/c1-34(14-4-7-28-8-5-14)23-20-17(13-2-3-13)11-29-12-18(20)31-22(33-23)15-6-9-30-21-16(15)10-19(32-21)24(25,26)27/h6,9-14,28H,2-5,7-8H2,1H3,(H,30,32). The molecular weight excluding hydrogens is 443 g/mol. The molecule has 0 unspecified atom stereocenters. The monoisotopic (exact) mass is 467 g/mol. The SMILES string of the molecule is CN(c1nc(-c2ccnc3[nH]c(C(F)(F)F)cc23)nc2cncc(C3CC3)c12)C1CCNCC1. The first-order valence-corrected chi connectivity index (χ1v) is 11.5. The molecule has 0 amide bonds. The van der Waals surface area contributed by atoms with Gasteiger partial charge in [-0.25, -0.2) is 15.0 Å². The van der Waals surface area contributed by atoms with E-state index >= 15 is 0 Å². The number of hydrogen-bond donors (Lipinski definition) is 2. The Balaban J connectivity index is 1.56. The highest BCUT2D eigenvalue weighted by atomic mass is 19.4. The Bertz CT molecular complexity index is 1370. The van der Waals surface area contributed by atoms with Gasteiger partial charge in [0, 0.05) is 41.8 Å². The summed E-state index contributed by atoms with van der Waals surface area (Å²) in [5, 5.41) is 4.74. The zero-order valence-corrected chi connectivity index (χ0v) is 18.7. The van der Waals surface area contributed by atoms with Gasteiger partial charge in [-0.05, 0) is 62.4 Å². The van der Waals surface area contributed by atoms with Crippen LogP contribution in [0.15, 0.2) is 30.7 Å². The number of rotatable bonds is 4. The van der Waals surface area contributed by atoms with Gasteiger partial charge in [-0.15, -0.1) is 0 Å². The maximum absolute atomic E-state index is 13.4. The van der Waals surface area contributed by atoms with Gasteiger partial charge < -0.3 is 15.2 Å². The molecule has 1 saturated heterocycles. The van der Waals surface area contributed by atoms with Crippen molar-refractivity contribution in [2.75, 3.05) is 25.0 Å². The molecule has 0 atom stereocenters. The van der Waals surface area contributed by atoms with Crippen LogP contribution in [0.3, 0.4) is 0 Å². The van der Waals surface area contributed by atoms with E-state index in [1.165, 1.54) is 6.20 Å². The fourth-order valence-corrected chi connectivity index (χ4v) is 4.91. The summed E-state index contributed by atoms with van der Waals surface area (Å²) in [5.74, 6) is 1.64. The van der Waals surface area contributed by atoms with Crippen molar-refractivity contribution in [2.24, 2.45) is 0 Å². The van der Waals surface area contributed by atoms with Crippen LogP contribution in [0.2, 0.25) is 0 Å². The number of nitrogens with one attached hydrogen (secondary N) is 2. The molecule has 34 heavy (non-hydrogen) atoms. The molecule has 7 nitrogen and oxygen atoms in total. The summed E-state index contributed by atoms with van der Waals surface area (Å²) in [6.07, 6.45) is 4.85. The lowest BCUT2D eigenvalue weighted by Crippen LogP contribution is -2.41. The van der Waals surface area contributed by atoms with Gasteiger partial charge >= 0.3 is 6.18 Å². The second-order valence-corrected chi connectivity index (χ2v) is 9.16. The third-order valence-corrected chi connectivity index (χ3v) is 6.90. The predicted octanol–water partition coefficient (Wildman–Crippen LogP) is 4.65. The summed E-state index contributed by atoms with van der Waals surface area (Å²) < 4.78 is 40.1. The molecular formula is C24H24F3N7. The van der Waals surface area contributed by atoms with Crippen molar-refractivity contribution in [1.82, 2.24) is 30.2 Å². The number of hydrogen-bond acceptors (Lipinski definition) is 6. The molecule has 0 spiro atoms. The first-order chi connectivity index (χ1) is 16.4. The fraction of sp³-hybridized carbons (Fsp3) is 0.417. The van der Waals surface area contributed by atoms with Crippen LogP contribution in [-0.4, -0.2) is 51.1 Å². The summed E-state index contributed by atoms with van der Waals surface area (Å²) in [6, 6.07) is 3.07. The van der Waals surface area contributed by atoms with Crippen LogP contribution in [0.5, 0.6) is 0 Å². The Morgan fingerprint density at radius 3 is 2.59 bits per heavy atom. The van der Waals surface area contributed by atoms with Crippen molar-refractivity contribution in [3.63, 3.8) is 0 Å². The van der Waals surface area contributed by atoms with Crippen LogP contribution in [0.25, 0.3) is 33.3 Å². The maximum Gasteiger partial charge on any atom is 0.431 e. The number of H-pyrrole nitrogens is 1. The molecule has 2 aliphatic rings. The third kappa shape index (κ3) is 3.66. The lowest BCUT2D eigenvalue weighted by atomic mass is 10.0. The van der Waals surface area contributed by atoms with E-state index in [2.05, 4.69) is 32.2 Å². The number of fused-ring (bicyclic) bond motifs is 2. The molecule has 5 heterocycles. The number of nitrogens with zero attached hydrogens (tertiary/aromatic N) is 5. The van der Waals surface area contributed by atoms with Crippen molar-refractivity contribution in [2.45, 2.75) is 43.8 Å². The van der Waals surface area contributed by atoms with Crippen LogP contribution in [0.1, 0.15) is 42.9 Å². The highest BCUT2D eigenvalue weighted by molar-refractivity contribution is 5.97. The number of aromatic amines is 1. The summed E-state index contributed by atoms with van der Waals surface area (Å²) in [6.45, 7) is 1.88. The first-order valence-electron chi connectivity index (χ1n) is 11.5. The minimum absolute atomic E-state index is 0.159. The lowest BCUT2D eigenvalue weighted by molar-refractivity contribution is -0.140. The Kier molecular flexibility index (Phi) is 4.94. The topological polar surface area (TPSA) is 82.6 Å². The molecule has 2 fully saturated rings. The maximum atomic E-state index is 13.4. The van der Waals surface area contributed by atoms with Crippen LogP contribution >= 0.6 is 0 Å². The number of halogens is 3. The summed E-state index contributed by atoms with van der Waals surface area (Å²) in [7, 11) is 2.05. The van der Waals surface area contributed by atoms with E-state index in [4.69, 9.17) is 9.97 Å². The molecule has 1 aliphatic carbocycles. The number of alkyl halides is 3. The molecule has 4 aromatic heterocycles. The van der Waals surface area contributed by atoms with Gasteiger partial charge in [0.2, 0.25) is 0 Å². The number of piperidine rings is 1.